The van der Waals surface area contributed by atoms with Gasteiger partial charge in [-0.15, -0.1) is 0 Å². The summed E-state index contributed by atoms with van der Waals surface area (Å²) in [6, 6.07) is 7.44. The zero-order valence-corrected chi connectivity index (χ0v) is 22.2. The lowest BCUT2D eigenvalue weighted by molar-refractivity contribution is -0.143. The first-order valence-corrected chi connectivity index (χ1v) is 13.1. The minimum absolute atomic E-state index is 0.00143. The molecule has 2 aromatic carbocycles. The van der Waals surface area contributed by atoms with E-state index in [1.54, 1.807) is 24.3 Å². The van der Waals surface area contributed by atoms with E-state index >= 15 is 0 Å². The molecule has 2 aliphatic heterocycles. The van der Waals surface area contributed by atoms with Crippen molar-refractivity contribution in [3.63, 3.8) is 0 Å². The Labute approximate surface area is 232 Å². The van der Waals surface area contributed by atoms with Crippen LogP contribution in [0.3, 0.4) is 0 Å². The average Bonchev–Trinajstić information content (AvgIpc) is 2.91. The van der Waals surface area contributed by atoms with Crippen molar-refractivity contribution in [2.24, 2.45) is 0 Å². The molecule has 2 saturated heterocycles. The van der Waals surface area contributed by atoms with Gasteiger partial charge in [0.2, 0.25) is 0 Å². The van der Waals surface area contributed by atoms with Gasteiger partial charge in [-0.2, -0.15) is 26.3 Å². The van der Waals surface area contributed by atoms with Crippen molar-refractivity contribution in [2.45, 2.75) is 49.6 Å². The third-order valence-electron chi connectivity index (χ3n) is 7.81. The van der Waals surface area contributed by atoms with Gasteiger partial charge in [-0.3, -0.25) is 9.69 Å². The van der Waals surface area contributed by atoms with Gasteiger partial charge in [-0.25, -0.2) is 4.79 Å². The molecule has 6 nitrogen and oxygen atoms in total. The molecular formula is C27H28ClF6N3O3. The van der Waals surface area contributed by atoms with Crippen LogP contribution in [0.5, 0.6) is 0 Å². The molecule has 0 aromatic heterocycles. The van der Waals surface area contributed by atoms with Gasteiger partial charge in [0.1, 0.15) is 0 Å². The SMILES string of the molecule is CN(C(=O)c1cc(C(F)(F)F)cc(C(F)(F)F)c1)[C@@H]1CCN(C2CCN(C(=O)O)CC2)C[C@H]1c1ccc(Cl)cc1. The zero-order chi connectivity index (χ0) is 29.4. The summed E-state index contributed by atoms with van der Waals surface area (Å²) in [6.45, 7) is 1.78. The number of hydrogen-bond acceptors (Lipinski definition) is 3. The number of piperidine rings is 2. The Balaban J connectivity index is 1.62. The summed E-state index contributed by atoms with van der Waals surface area (Å²) in [4.78, 5) is 29.5. The second-order valence-electron chi connectivity index (χ2n) is 10.2. The summed E-state index contributed by atoms with van der Waals surface area (Å²) in [5, 5.41) is 9.74. The van der Waals surface area contributed by atoms with Gasteiger partial charge < -0.3 is 14.9 Å². The number of likely N-dealkylation sites (N-methyl/N-ethyl adjacent to an activating group) is 1. The van der Waals surface area contributed by atoms with E-state index in [2.05, 4.69) is 4.90 Å². The predicted octanol–water partition coefficient (Wildman–Crippen LogP) is 6.45. The number of rotatable bonds is 4. The Hall–Kier alpha value is -2.99. The molecule has 0 bridgehead atoms. The molecule has 2 heterocycles. The van der Waals surface area contributed by atoms with E-state index in [1.807, 2.05) is 0 Å². The molecule has 40 heavy (non-hydrogen) atoms. The first kappa shape index (κ1) is 30.0. The molecule has 2 aliphatic rings. The fourth-order valence-electron chi connectivity index (χ4n) is 5.65. The van der Waals surface area contributed by atoms with Gasteiger partial charge in [0.15, 0.2) is 0 Å². The highest BCUT2D eigenvalue weighted by atomic mass is 35.5. The number of halogens is 7. The van der Waals surface area contributed by atoms with Gasteiger partial charge in [-0.1, -0.05) is 23.7 Å². The van der Waals surface area contributed by atoms with Crippen molar-refractivity contribution < 1.29 is 41.0 Å². The Bertz CT molecular complexity index is 1200. The number of carbonyl (C=O) groups is 2. The van der Waals surface area contributed by atoms with Crippen molar-refractivity contribution in [1.29, 1.82) is 0 Å². The van der Waals surface area contributed by atoms with Crippen molar-refractivity contribution >= 4 is 23.6 Å². The quantitative estimate of drug-likeness (QED) is 0.415. The van der Waals surface area contributed by atoms with E-state index in [0.29, 0.717) is 62.6 Å². The summed E-state index contributed by atoms with van der Waals surface area (Å²) >= 11 is 6.06. The van der Waals surface area contributed by atoms with Crippen LogP contribution in [0.15, 0.2) is 42.5 Å². The van der Waals surface area contributed by atoms with Crippen LogP contribution in [-0.4, -0.2) is 77.1 Å². The summed E-state index contributed by atoms with van der Waals surface area (Å²) < 4.78 is 80.5. The molecule has 0 radical (unpaired) electrons. The lowest BCUT2D eigenvalue weighted by atomic mass is 9.83. The van der Waals surface area contributed by atoms with Gasteiger partial charge in [0, 0.05) is 61.8 Å². The van der Waals surface area contributed by atoms with E-state index in [0.717, 1.165) is 5.56 Å². The van der Waals surface area contributed by atoms with Crippen molar-refractivity contribution in [2.75, 3.05) is 33.2 Å². The molecule has 13 heteroatoms. The number of hydrogen-bond donors (Lipinski definition) is 1. The van der Waals surface area contributed by atoms with Gasteiger partial charge in [-0.05, 0) is 55.2 Å². The molecule has 1 N–H and O–H groups in total. The number of likely N-dealkylation sites (tertiary alicyclic amines) is 2. The highest BCUT2D eigenvalue weighted by molar-refractivity contribution is 6.30. The second kappa shape index (κ2) is 11.5. The molecular weight excluding hydrogens is 564 g/mol. The molecule has 0 saturated carbocycles. The second-order valence-corrected chi connectivity index (χ2v) is 10.7. The van der Waals surface area contributed by atoms with E-state index in [9.17, 15) is 41.0 Å². The summed E-state index contributed by atoms with van der Waals surface area (Å²) in [5.41, 5.74) is -2.96. The Morgan fingerprint density at radius 2 is 1.45 bits per heavy atom. The lowest BCUT2D eigenvalue weighted by Crippen LogP contribution is -2.55. The number of benzene rings is 2. The molecule has 2 aromatic rings. The molecule has 2 fully saturated rings. The van der Waals surface area contributed by atoms with Crippen LogP contribution >= 0.6 is 11.6 Å². The average molecular weight is 592 g/mol. The van der Waals surface area contributed by atoms with Crippen LogP contribution in [0.2, 0.25) is 5.02 Å². The number of carbonyl (C=O) groups excluding carboxylic acids is 1. The fraction of sp³-hybridized carbons (Fsp3) is 0.481. The molecule has 0 unspecified atom stereocenters. The molecule has 0 aliphatic carbocycles. The summed E-state index contributed by atoms with van der Waals surface area (Å²) in [6.07, 6.45) is -9.43. The van der Waals surface area contributed by atoms with Crippen molar-refractivity contribution in [3.8, 4) is 0 Å². The van der Waals surface area contributed by atoms with E-state index < -0.39 is 47.1 Å². The van der Waals surface area contributed by atoms with Crippen LogP contribution in [0.25, 0.3) is 0 Å². The van der Waals surface area contributed by atoms with E-state index in [1.165, 1.54) is 16.8 Å². The largest absolute Gasteiger partial charge is 0.465 e. The van der Waals surface area contributed by atoms with Crippen LogP contribution in [-0.2, 0) is 12.4 Å². The van der Waals surface area contributed by atoms with Gasteiger partial charge in [0.05, 0.1) is 11.1 Å². The van der Waals surface area contributed by atoms with Gasteiger partial charge in [0.25, 0.3) is 5.91 Å². The third kappa shape index (κ3) is 6.65. The zero-order valence-electron chi connectivity index (χ0n) is 21.5. The summed E-state index contributed by atoms with van der Waals surface area (Å²) in [5.74, 6) is -1.26. The minimum atomic E-state index is -5.07. The standard InChI is InChI=1S/C27H28ClF6N3O3/c1-35(24(38)17-12-18(26(29,30)31)14-19(13-17)27(32,33)34)23-8-11-37(21-6-9-36(10-7-21)25(39)40)15-22(23)16-2-4-20(28)5-3-16/h2-5,12-14,21-23H,6-11,15H2,1H3,(H,39,40)/t22-,23+/m0/s1. The molecule has 0 spiro atoms. The first-order valence-electron chi connectivity index (χ1n) is 12.7. The fourth-order valence-corrected chi connectivity index (χ4v) is 5.78. The predicted molar refractivity (Wildman–Crippen MR) is 135 cm³/mol. The Kier molecular flexibility index (Phi) is 8.60. The van der Waals surface area contributed by atoms with Gasteiger partial charge >= 0.3 is 18.4 Å². The number of alkyl halides is 6. The maximum Gasteiger partial charge on any atom is 0.416 e. The number of nitrogens with zero attached hydrogens (tertiary/aromatic N) is 3. The van der Waals surface area contributed by atoms with E-state index in [-0.39, 0.29) is 18.0 Å². The van der Waals surface area contributed by atoms with Crippen LogP contribution in [0, 0.1) is 0 Å². The maximum atomic E-state index is 13.4. The normalized spacial score (nSPS) is 21.4. The van der Waals surface area contributed by atoms with Crippen molar-refractivity contribution in [3.05, 3.63) is 69.7 Å². The van der Waals surface area contributed by atoms with E-state index in [4.69, 9.17) is 11.6 Å². The summed E-state index contributed by atoms with van der Waals surface area (Å²) in [7, 11) is 1.39. The first-order chi connectivity index (χ1) is 18.6. The highest BCUT2D eigenvalue weighted by Gasteiger charge is 2.41. The number of amides is 2. The molecule has 2 atom stereocenters. The maximum absolute atomic E-state index is 13.4. The molecule has 4 rings (SSSR count). The lowest BCUT2D eigenvalue weighted by Gasteiger charge is -2.47. The smallest absolute Gasteiger partial charge is 0.416 e. The van der Waals surface area contributed by atoms with Crippen LogP contribution in [0.4, 0.5) is 31.1 Å². The Morgan fingerprint density at radius 3 is 1.95 bits per heavy atom. The number of carboxylic acid groups (broad SMARTS) is 1. The third-order valence-corrected chi connectivity index (χ3v) is 8.06. The Morgan fingerprint density at radius 1 is 0.900 bits per heavy atom. The molecule has 218 valence electrons. The topological polar surface area (TPSA) is 64.1 Å². The molecule has 2 amide bonds. The van der Waals surface area contributed by atoms with Crippen LogP contribution < -0.4 is 0 Å². The minimum Gasteiger partial charge on any atom is -0.465 e. The van der Waals surface area contributed by atoms with Crippen molar-refractivity contribution in [1.82, 2.24) is 14.7 Å². The van der Waals surface area contributed by atoms with Crippen LogP contribution in [0.1, 0.15) is 52.2 Å². The highest BCUT2D eigenvalue weighted by Crippen LogP contribution is 2.38. The monoisotopic (exact) mass is 591 g/mol.